The number of esters is 1. The number of carbonyl (C=O) groups is 1. The number of rotatable bonds is 5. The number of nitrogens with zero attached hydrogens (tertiary/aromatic N) is 1. The van der Waals surface area contributed by atoms with Crippen LogP contribution in [0.15, 0.2) is 54.6 Å². The topological polar surface area (TPSA) is 69.4 Å². The third-order valence-electron chi connectivity index (χ3n) is 3.00. The summed E-state index contributed by atoms with van der Waals surface area (Å²) in [5.74, 6) is -0.542. The van der Waals surface area contributed by atoms with Crippen molar-refractivity contribution in [3.8, 4) is 0 Å². The van der Waals surface area contributed by atoms with Gasteiger partial charge in [-0.1, -0.05) is 42.0 Å². The Labute approximate surface area is 128 Å². The second-order valence-electron chi connectivity index (χ2n) is 4.75. The van der Waals surface area contributed by atoms with Crippen LogP contribution in [-0.4, -0.2) is 10.9 Å². The highest BCUT2D eigenvalue weighted by atomic mass is 16.6. The first kappa shape index (κ1) is 15.4. The number of nitro groups is 1. The van der Waals surface area contributed by atoms with E-state index in [1.807, 2.05) is 31.2 Å². The van der Waals surface area contributed by atoms with Crippen LogP contribution >= 0.6 is 0 Å². The molecule has 0 unspecified atom stereocenters. The Kier molecular flexibility index (Phi) is 5.03. The van der Waals surface area contributed by atoms with Crippen LogP contribution in [0.3, 0.4) is 0 Å². The van der Waals surface area contributed by atoms with Gasteiger partial charge in [0.05, 0.1) is 10.5 Å². The van der Waals surface area contributed by atoms with Gasteiger partial charge in [0.1, 0.15) is 6.61 Å². The number of aryl methyl sites for hydroxylation is 1. The van der Waals surface area contributed by atoms with Gasteiger partial charge < -0.3 is 4.74 Å². The maximum Gasteiger partial charge on any atom is 0.331 e. The first-order valence-electron chi connectivity index (χ1n) is 6.70. The van der Waals surface area contributed by atoms with Gasteiger partial charge in [-0.25, -0.2) is 4.79 Å². The summed E-state index contributed by atoms with van der Waals surface area (Å²) in [6, 6.07) is 13.9. The maximum absolute atomic E-state index is 11.7. The van der Waals surface area contributed by atoms with Crippen LogP contribution in [0.5, 0.6) is 0 Å². The Morgan fingerprint density at radius 1 is 1.23 bits per heavy atom. The highest BCUT2D eigenvalue weighted by molar-refractivity contribution is 5.87. The van der Waals surface area contributed by atoms with E-state index in [2.05, 4.69) is 0 Å². The Morgan fingerprint density at radius 2 is 2.00 bits per heavy atom. The van der Waals surface area contributed by atoms with Gasteiger partial charge in [0.2, 0.25) is 0 Å². The van der Waals surface area contributed by atoms with Crippen molar-refractivity contribution in [1.29, 1.82) is 0 Å². The van der Waals surface area contributed by atoms with Gasteiger partial charge in [0, 0.05) is 12.1 Å². The van der Waals surface area contributed by atoms with Crippen LogP contribution in [0.2, 0.25) is 0 Å². The minimum absolute atomic E-state index is 0.0507. The minimum Gasteiger partial charge on any atom is -0.458 e. The molecule has 22 heavy (non-hydrogen) atoms. The fourth-order valence-electron chi connectivity index (χ4n) is 1.96. The molecule has 2 aromatic carbocycles. The van der Waals surface area contributed by atoms with Crippen molar-refractivity contribution in [2.24, 2.45) is 0 Å². The normalized spacial score (nSPS) is 10.6. The van der Waals surface area contributed by atoms with Crippen LogP contribution in [0.4, 0.5) is 5.69 Å². The molecule has 5 heteroatoms. The summed E-state index contributed by atoms with van der Waals surface area (Å²) in [6.07, 6.45) is 2.58. The number of hydrogen-bond donors (Lipinski definition) is 0. The molecule has 0 fully saturated rings. The van der Waals surface area contributed by atoms with Gasteiger partial charge in [-0.05, 0) is 24.6 Å². The zero-order valence-corrected chi connectivity index (χ0v) is 12.1. The first-order chi connectivity index (χ1) is 10.6. The Bertz CT molecular complexity index is 722. The smallest absolute Gasteiger partial charge is 0.331 e. The molecule has 0 atom stereocenters. The second-order valence-corrected chi connectivity index (χ2v) is 4.75. The molecule has 0 amide bonds. The van der Waals surface area contributed by atoms with Crippen molar-refractivity contribution >= 4 is 17.7 Å². The molecule has 0 saturated carbocycles. The van der Waals surface area contributed by atoms with Gasteiger partial charge >= 0.3 is 5.97 Å². The average molecular weight is 297 g/mol. The van der Waals surface area contributed by atoms with Crippen LogP contribution in [0, 0.1) is 17.0 Å². The van der Waals surface area contributed by atoms with E-state index in [1.54, 1.807) is 18.2 Å². The predicted molar refractivity (Wildman–Crippen MR) is 83.1 cm³/mol. The second kappa shape index (κ2) is 7.17. The van der Waals surface area contributed by atoms with Crippen molar-refractivity contribution in [1.82, 2.24) is 0 Å². The quantitative estimate of drug-likeness (QED) is 0.365. The van der Waals surface area contributed by atoms with E-state index in [9.17, 15) is 14.9 Å². The zero-order valence-electron chi connectivity index (χ0n) is 12.1. The molecular formula is C17H15NO4. The number of hydrogen-bond acceptors (Lipinski definition) is 4. The monoisotopic (exact) mass is 297 g/mol. The van der Waals surface area contributed by atoms with Gasteiger partial charge in [-0.3, -0.25) is 10.1 Å². The van der Waals surface area contributed by atoms with E-state index in [-0.39, 0.29) is 12.3 Å². The molecule has 0 aliphatic heterocycles. The third kappa shape index (κ3) is 4.28. The Balaban J connectivity index is 1.99. The molecule has 2 aromatic rings. The minimum atomic E-state index is -0.542. The van der Waals surface area contributed by atoms with Gasteiger partial charge in [-0.2, -0.15) is 0 Å². The summed E-state index contributed by atoms with van der Waals surface area (Å²) < 4.78 is 5.11. The summed E-state index contributed by atoms with van der Waals surface area (Å²) in [5, 5.41) is 10.9. The van der Waals surface area contributed by atoms with Crippen molar-refractivity contribution < 1.29 is 14.5 Å². The van der Waals surface area contributed by atoms with E-state index in [4.69, 9.17) is 4.74 Å². The lowest BCUT2D eigenvalue weighted by Crippen LogP contribution is -2.01. The van der Waals surface area contributed by atoms with Crippen molar-refractivity contribution in [2.75, 3.05) is 0 Å². The van der Waals surface area contributed by atoms with E-state index >= 15 is 0 Å². The molecule has 0 spiro atoms. The third-order valence-corrected chi connectivity index (χ3v) is 3.00. The van der Waals surface area contributed by atoms with Gasteiger partial charge in [-0.15, -0.1) is 0 Å². The van der Waals surface area contributed by atoms with Crippen LogP contribution in [-0.2, 0) is 16.1 Å². The summed E-state index contributed by atoms with van der Waals surface area (Å²) >= 11 is 0. The number of ether oxygens (including phenoxy) is 1. The number of carbonyl (C=O) groups excluding carboxylic acids is 1. The lowest BCUT2D eigenvalue weighted by atomic mass is 10.1. The molecule has 5 nitrogen and oxygen atoms in total. The number of para-hydroxylation sites is 1. The van der Waals surface area contributed by atoms with E-state index in [0.29, 0.717) is 5.56 Å². The highest BCUT2D eigenvalue weighted by Gasteiger charge is 2.09. The summed E-state index contributed by atoms with van der Waals surface area (Å²) in [5.41, 5.74) is 2.29. The molecule has 0 N–H and O–H groups in total. The molecular weight excluding hydrogens is 282 g/mol. The van der Waals surface area contributed by atoms with Crippen LogP contribution in [0.1, 0.15) is 16.7 Å². The Hall–Kier alpha value is -2.95. The van der Waals surface area contributed by atoms with E-state index < -0.39 is 10.9 Å². The fourth-order valence-corrected chi connectivity index (χ4v) is 1.96. The molecule has 0 saturated heterocycles. The molecule has 0 radical (unpaired) electrons. The highest BCUT2D eigenvalue weighted by Crippen LogP contribution is 2.19. The van der Waals surface area contributed by atoms with Crippen LogP contribution in [0.25, 0.3) is 6.08 Å². The van der Waals surface area contributed by atoms with Crippen LogP contribution < -0.4 is 0 Å². The lowest BCUT2D eigenvalue weighted by molar-refractivity contribution is -0.385. The molecule has 0 aliphatic carbocycles. The standard InChI is InChI=1S/C17H15NO4/c1-13-5-4-6-14(11-13)12-22-17(19)10-9-15-7-2-3-8-16(15)18(20)21/h2-11H,12H2,1H3/b10-9+. The van der Waals surface area contributed by atoms with Crippen molar-refractivity contribution in [2.45, 2.75) is 13.5 Å². The summed E-state index contributed by atoms with van der Waals surface area (Å²) in [6.45, 7) is 2.13. The molecule has 112 valence electrons. The first-order valence-corrected chi connectivity index (χ1v) is 6.70. The molecule has 0 bridgehead atoms. The molecule has 0 aliphatic rings. The fraction of sp³-hybridized carbons (Fsp3) is 0.118. The predicted octanol–water partition coefficient (Wildman–Crippen LogP) is 3.66. The molecule has 0 aromatic heterocycles. The lowest BCUT2D eigenvalue weighted by Gasteiger charge is -2.03. The maximum atomic E-state index is 11.7. The van der Waals surface area contributed by atoms with E-state index in [1.165, 1.54) is 18.2 Å². The number of benzene rings is 2. The van der Waals surface area contributed by atoms with Crippen molar-refractivity contribution in [3.05, 3.63) is 81.4 Å². The molecule has 0 heterocycles. The Morgan fingerprint density at radius 3 is 2.73 bits per heavy atom. The zero-order chi connectivity index (χ0) is 15.9. The molecule has 2 rings (SSSR count). The largest absolute Gasteiger partial charge is 0.458 e. The number of nitro benzene ring substituents is 1. The summed E-state index contributed by atoms with van der Waals surface area (Å²) in [4.78, 5) is 22.1. The van der Waals surface area contributed by atoms with Crippen molar-refractivity contribution in [3.63, 3.8) is 0 Å². The average Bonchev–Trinajstić information content (AvgIpc) is 2.51. The summed E-state index contributed by atoms with van der Waals surface area (Å²) in [7, 11) is 0. The van der Waals surface area contributed by atoms with Gasteiger partial charge in [0.25, 0.3) is 5.69 Å². The SMILES string of the molecule is Cc1cccc(COC(=O)/C=C/c2ccccc2[N+](=O)[O-])c1. The van der Waals surface area contributed by atoms with E-state index in [0.717, 1.165) is 11.1 Å². The van der Waals surface area contributed by atoms with Gasteiger partial charge in [0.15, 0.2) is 0 Å².